The summed E-state index contributed by atoms with van der Waals surface area (Å²) in [5, 5.41) is 22.0. The van der Waals surface area contributed by atoms with E-state index in [9.17, 15) is 13.9 Å². The quantitative estimate of drug-likeness (QED) is 0.713. The molecule has 0 aliphatic heterocycles. The van der Waals surface area contributed by atoms with Gasteiger partial charge in [0, 0.05) is 18.7 Å². The maximum Gasteiger partial charge on any atom is 0.159 e. The molecule has 1 aromatic carbocycles. The zero-order valence-corrected chi connectivity index (χ0v) is 11.2. The van der Waals surface area contributed by atoms with Crippen molar-refractivity contribution < 1.29 is 19.0 Å². The first kappa shape index (κ1) is 16.0. The lowest BCUT2D eigenvalue weighted by molar-refractivity contribution is 0.128. The van der Waals surface area contributed by atoms with Crippen LogP contribution in [0.15, 0.2) is 18.2 Å². The molecule has 0 amide bonds. The summed E-state index contributed by atoms with van der Waals surface area (Å²) < 4.78 is 25.9. The molecule has 0 aliphatic rings. The van der Waals surface area contributed by atoms with Gasteiger partial charge in [0.25, 0.3) is 0 Å². The summed E-state index contributed by atoms with van der Waals surface area (Å²) in [6.07, 6.45) is 0.555. The van der Waals surface area contributed by atoms with Crippen molar-refractivity contribution in [1.82, 2.24) is 5.32 Å². The molecule has 1 rings (SSSR count). The van der Waals surface area contributed by atoms with Crippen LogP contribution in [-0.4, -0.2) is 28.9 Å². The van der Waals surface area contributed by atoms with E-state index in [1.165, 1.54) is 6.07 Å². The molecule has 5 heteroatoms. The fraction of sp³-hybridized carbons (Fsp3) is 0.571. The second kappa shape index (κ2) is 7.53. The molecule has 0 fully saturated rings. The second-order valence-electron chi connectivity index (χ2n) is 4.84. The molecule has 0 saturated carbocycles. The van der Waals surface area contributed by atoms with Crippen LogP contribution in [0, 0.1) is 11.6 Å². The van der Waals surface area contributed by atoms with Crippen molar-refractivity contribution in [3.8, 4) is 0 Å². The van der Waals surface area contributed by atoms with Crippen molar-refractivity contribution in [2.75, 3.05) is 6.61 Å². The summed E-state index contributed by atoms with van der Waals surface area (Å²) in [5.41, 5.74) is 0.341. The van der Waals surface area contributed by atoms with Gasteiger partial charge < -0.3 is 15.5 Å². The Kier molecular flexibility index (Phi) is 6.34. The Hall–Kier alpha value is -1.04. The molecule has 108 valence electrons. The van der Waals surface area contributed by atoms with Gasteiger partial charge in [0.1, 0.15) is 0 Å². The van der Waals surface area contributed by atoms with Crippen LogP contribution in [0.25, 0.3) is 0 Å². The summed E-state index contributed by atoms with van der Waals surface area (Å²) in [6, 6.07) is 3.23. The average molecular weight is 273 g/mol. The highest BCUT2D eigenvalue weighted by molar-refractivity contribution is 5.21. The number of aliphatic hydroxyl groups excluding tert-OH is 2. The van der Waals surface area contributed by atoms with E-state index in [0.29, 0.717) is 12.0 Å². The zero-order chi connectivity index (χ0) is 14.4. The molecule has 3 unspecified atom stereocenters. The van der Waals surface area contributed by atoms with Crippen molar-refractivity contribution in [3.05, 3.63) is 35.4 Å². The molecule has 1 aromatic rings. The van der Waals surface area contributed by atoms with Crippen molar-refractivity contribution in [2.45, 2.75) is 44.9 Å². The molecule has 3 nitrogen and oxygen atoms in total. The molecule has 3 atom stereocenters. The van der Waals surface area contributed by atoms with E-state index in [-0.39, 0.29) is 18.7 Å². The fourth-order valence-corrected chi connectivity index (χ4v) is 2.01. The van der Waals surface area contributed by atoms with E-state index in [2.05, 4.69) is 5.32 Å². The fourth-order valence-electron chi connectivity index (χ4n) is 2.01. The predicted molar refractivity (Wildman–Crippen MR) is 69.7 cm³/mol. The number of hydrogen-bond donors (Lipinski definition) is 3. The lowest BCUT2D eigenvalue weighted by atomic mass is 10.0. The molecule has 0 bridgehead atoms. The number of rotatable bonds is 7. The standard InChI is InChI=1S/C14H21F2NO2/c1-9(4-3-7-18)17-10(2)14(19)11-5-6-12(15)13(16)8-11/h5-6,8-10,14,17-19H,3-4,7H2,1-2H3. The van der Waals surface area contributed by atoms with Gasteiger partial charge in [-0.25, -0.2) is 8.78 Å². The number of halogens is 2. The van der Waals surface area contributed by atoms with Crippen LogP contribution in [0.5, 0.6) is 0 Å². The summed E-state index contributed by atoms with van der Waals surface area (Å²) in [5.74, 6) is -1.88. The lowest BCUT2D eigenvalue weighted by Gasteiger charge is -2.24. The second-order valence-corrected chi connectivity index (χ2v) is 4.84. The number of aliphatic hydroxyl groups is 2. The Labute approximate surface area is 112 Å². The van der Waals surface area contributed by atoms with Gasteiger partial charge in [-0.1, -0.05) is 6.07 Å². The van der Waals surface area contributed by atoms with Gasteiger partial charge in [0.05, 0.1) is 6.10 Å². The minimum absolute atomic E-state index is 0.127. The third-order valence-electron chi connectivity index (χ3n) is 3.10. The predicted octanol–water partition coefficient (Wildman–Crippen LogP) is 2.14. The SMILES string of the molecule is CC(CCCO)NC(C)C(O)c1ccc(F)c(F)c1. The number of hydrogen-bond acceptors (Lipinski definition) is 3. The first-order valence-corrected chi connectivity index (χ1v) is 6.45. The van der Waals surface area contributed by atoms with E-state index in [4.69, 9.17) is 5.11 Å². The minimum Gasteiger partial charge on any atom is -0.396 e. The molecule has 0 spiro atoms. The highest BCUT2D eigenvalue weighted by Crippen LogP contribution is 2.19. The first-order valence-electron chi connectivity index (χ1n) is 6.45. The molecular weight excluding hydrogens is 252 g/mol. The molecule has 0 aliphatic carbocycles. The summed E-state index contributed by atoms with van der Waals surface area (Å²) in [6.45, 7) is 3.86. The molecule has 0 heterocycles. The number of nitrogens with one attached hydrogen (secondary N) is 1. The Morgan fingerprint density at radius 1 is 1.21 bits per heavy atom. The van der Waals surface area contributed by atoms with Gasteiger partial charge in [-0.15, -0.1) is 0 Å². The van der Waals surface area contributed by atoms with Gasteiger partial charge in [0.15, 0.2) is 11.6 Å². The Morgan fingerprint density at radius 3 is 2.47 bits per heavy atom. The van der Waals surface area contributed by atoms with Crippen molar-refractivity contribution in [3.63, 3.8) is 0 Å². The third-order valence-corrected chi connectivity index (χ3v) is 3.10. The van der Waals surface area contributed by atoms with Crippen molar-refractivity contribution >= 4 is 0 Å². The Bertz CT molecular complexity index is 401. The highest BCUT2D eigenvalue weighted by atomic mass is 19.2. The lowest BCUT2D eigenvalue weighted by Crippen LogP contribution is -2.38. The van der Waals surface area contributed by atoms with Crippen molar-refractivity contribution in [2.24, 2.45) is 0 Å². The Balaban J connectivity index is 2.60. The molecule has 0 saturated heterocycles. The molecule has 19 heavy (non-hydrogen) atoms. The van der Waals surface area contributed by atoms with Crippen LogP contribution < -0.4 is 5.32 Å². The molecular formula is C14H21F2NO2. The molecule has 0 aromatic heterocycles. The molecule has 0 radical (unpaired) electrons. The maximum absolute atomic E-state index is 13.1. The Morgan fingerprint density at radius 2 is 1.89 bits per heavy atom. The number of benzene rings is 1. The van der Waals surface area contributed by atoms with Crippen LogP contribution in [-0.2, 0) is 0 Å². The van der Waals surface area contributed by atoms with E-state index in [1.807, 2.05) is 6.92 Å². The van der Waals surface area contributed by atoms with Gasteiger partial charge in [0.2, 0.25) is 0 Å². The van der Waals surface area contributed by atoms with Crippen molar-refractivity contribution in [1.29, 1.82) is 0 Å². The minimum atomic E-state index is -0.961. The maximum atomic E-state index is 13.1. The van der Waals surface area contributed by atoms with Crippen LogP contribution in [0.1, 0.15) is 38.4 Å². The third kappa shape index (κ3) is 4.86. The van der Waals surface area contributed by atoms with E-state index in [0.717, 1.165) is 18.6 Å². The summed E-state index contributed by atoms with van der Waals surface area (Å²) >= 11 is 0. The van der Waals surface area contributed by atoms with Gasteiger partial charge in [-0.05, 0) is 44.4 Å². The smallest absolute Gasteiger partial charge is 0.159 e. The van der Waals surface area contributed by atoms with E-state index in [1.54, 1.807) is 6.92 Å². The van der Waals surface area contributed by atoms with Gasteiger partial charge >= 0.3 is 0 Å². The van der Waals surface area contributed by atoms with Crippen LogP contribution in [0.3, 0.4) is 0 Å². The normalized spacial score (nSPS) is 16.1. The van der Waals surface area contributed by atoms with Gasteiger partial charge in [-0.3, -0.25) is 0 Å². The average Bonchev–Trinajstić information content (AvgIpc) is 2.38. The van der Waals surface area contributed by atoms with E-state index >= 15 is 0 Å². The topological polar surface area (TPSA) is 52.5 Å². The van der Waals surface area contributed by atoms with Gasteiger partial charge in [-0.2, -0.15) is 0 Å². The highest BCUT2D eigenvalue weighted by Gasteiger charge is 2.19. The van der Waals surface area contributed by atoms with Crippen LogP contribution >= 0.6 is 0 Å². The van der Waals surface area contributed by atoms with Crippen LogP contribution in [0.4, 0.5) is 8.78 Å². The largest absolute Gasteiger partial charge is 0.396 e. The van der Waals surface area contributed by atoms with E-state index < -0.39 is 17.7 Å². The zero-order valence-electron chi connectivity index (χ0n) is 11.2. The first-order chi connectivity index (χ1) is 8.95. The van der Waals surface area contributed by atoms with Crippen LogP contribution in [0.2, 0.25) is 0 Å². The molecule has 3 N–H and O–H groups in total. The summed E-state index contributed by atoms with van der Waals surface area (Å²) in [7, 11) is 0. The monoisotopic (exact) mass is 273 g/mol. The summed E-state index contributed by atoms with van der Waals surface area (Å²) in [4.78, 5) is 0.